The number of anilines is 1. The van der Waals surface area contributed by atoms with E-state index in [2.05, 4.69) is 5.32 Å². The molecule has 0 aliphatic carbocycles. The predicted octanol–water partition coefficient (Wildman–Crippen LogP) is 3.19. The van der Waals surface area contributed by atoms with Crippen molar-refractivity contribution in [2.24, 2.45) is 0 Å². The summed E-state index contributed by atoms with van der Waals surface area (Å²) >= 11 is 0. The van der Waals surface area contributed by atoms with Gasteiger partial charge in [-0.3, -0.25) is 9.59 Å². The first-order valence-electron chi connectivity index (χ1n) is 9.04. The van der Waals surface area contributed by atoms with Crippen LogP contribution in [0.2, 0.25) is 0 Å². The number of nitrogens with zero attached hydrogens (tertiary/aromatic N) is 1. The van der Waals surface area contributed by atoms with Crippen molar-refractivity contribution in [1.29, 1.82) is 0 Å². The number of aryl methyl sites for hydroxylation is 1. The lowest BCUT2D eigenvalue weighted by molar-refractivity contribution is -0.130. The van der Waals surface area contributed by atoms with Crippen LogP contribution < -0.4 is 5.32 Å². The molecule has 2 N–H and O–H groups in total. The maximum Gasteiger partial charge on any atom is 0.335 e. The van der Waals surface area contributed by atoms with Crippen molar-refractivity contribution in [2.45, 2.75) is 25.7 Å². The van der Waals surface area contributed by atoms with Crippen LogP contribution in [0.25, 0.3) is 0 Å². The van der Waals surface area contributed by atoms with Crippen molar-refractivity contribution in [3.05, 3.63) is 65.2 Å². The van der Waals surface area contributed by atoms with Gasteiger partial charge in [-0.05, 0) is 55.2 Å². The standard InChI is InChI=1S/C21H22N2O4/c24-19(23-12-1-2-13-23)11-8-15-6-9-18(10-7-15)22-20(25)16-4-3-5-17(14-16)21(26)27/h3-7,9-10,14H,1-2,8,11-13H2,(H,22,25)(H,26,27). The lowest BCUT2D eigenvalue weighted by Gasteiger charge is -2.15. The highest BCUT2D eigenvalue weighted by atomic mass is 16.4. The van der Waals surface area contributed by atoms with Crippen molar-refractivity contribution >= 4 is 23.5 Å². The summed E-state index contributed by atoms with van der Waals surface area (Å²) < 4.78 is 0. The molecule has 0 aromatic heterocycles. The van der Waals surface area contributed by atoms with Crippen LogP contribution in [-0.4, -0.2) is 40.9 Å². The molecule has 2 aromatic carbocycles. The third kappa shape index (κ3) is 4.94. The monoisotopic (exact) mass is 366 g/mol. The van der Waals surface area contributed by atoms with E-state index in [1.54, 1.807) is 24.3 Å². The van der Waals surface area contributed by atoms with Crippen molar-refractivity contribution < 1.29 is 19.5 Å². The molecule has 3 rings (SSSR count). The fourth-order valence-corrected chi connectivity index (χ4v) is 3.13. The number of hydrogen-bond acceptors (Lipinski definition) is 3. The van der Waals surface area contributed by atoms with Gasteiger partial charge in [0.15, 0.2) is 0 Å². The quantitative estimate of drug-likeness (QED) is 0.822. The first kappa shape index (κ1) is 18.6. The minimum atomic E-state index is -1.07. The summed E-state index contributed by atoms with van der Waals surface area (Å²) in [4.78, 5) is 37.3. The Balaban J connectivity index is 1.55. The predicted molar refractivity (Wildman–Crippen MR) is 102 cm³/mol. The van der Waals surface area contributed by atoms with E-state index >= 15 is 0 Å². The number of carbonyl (C=O) groups is 3. The Labute approximate surface area is 157 Å². The van der Waals surface area contributed by atoms with Crippen LogP contribution in [0.5, 0.6) is 0 Å². The Morgan fingerprint density at radius 2 is 1.63 bits per heavy atom. The van der Waals surface area contributed by atoms with Crippen molar-refractivity contribution in [3.63, 3.8) is 0 Å². The van der Waals surface area contributed by atoms with E-state index in [0.29, 0.717) is 18.5 Å². The first-order chi connectivity index (χ1) is 13.0. The maximum absolute atomic E-state index is 12.3. The van der Waals surface area contributed by atoms with Gasteiger partial charge in [0, 0.05) is 30.8 Å². The Kier molecular flexibility index (Phi) is 5.86. The van der Waals surface area contributed by atoms with Crippen LogP contribution in [0, 0.1) is 0 Å². The van der Waals surface area contributed by atoms with Crippen LogP contribution in [0.15, 0.2) is 48.5 Å². The van der Waals surface area contributed by atoms with Gasteiger partial charge < -0.3 is 15.3 Å². The van der Waals surface area contributed by atoms with Crippen LogP contribution in [0.4, 0.5) is 5.69 Å². The molecule has 27 heavy (non-hydrogen) atoms. The largest absolute Gasteiger partial charge is 0.478 e. The lowest BCUT2D eigenvalue weighted by atomic mass is 10.1. The van der Waals surface area contributed by atoms with E-state index in [1.807, 2.05) is 17.0 Å². The molecule has 1 aliphatic rings. The molecular formula is C21H22N2O4. The van der Waals surface area contributed by atoms with Gasteiger partial charge in [-0.25, -0.2) is 4.79 Å². The van der Waals surface area contributed by atoms with Gasteiger partial charge in [-0.15, -0.1) is 0 Å². The molecule has 6 nitrogen and oxygen atoms in total. The highest BCUT2D eigenvalue weighted by molar-refractivity contribution is 6.05. The average molecular weight is 366 g/mol. The lowest BCUT2D eigenvalue weighted by Crippen LogP contribution is -2.27. The van der Waals surface area contributed by atoms with Gasteiger partial charge in [-0.1, -0.05) is 18.2 Å². The molecule has 0 saturated carbocycles. The van der Waals surface area contributed by atoms with E-state index < -0.39 is 5.97 Å². The molecule has 1 saturated heterocycles. The molecule has 0 bridgehead atoms. The van der Waals surface area contributed by atoms with Crippen molar-refractivity contribution in [3.8, 4) is 0 Å². The Bertz CT molecular complexity index is 840. The summed E-state index contributed by atoms with van der Waals surface area (Å²) in [6, 6.07) is 13.2. The molecule has 6 heteroatoms. The van der Waals surface area contributed by atoms with Crippen LogP contribution in [0.3, 0.4) is 0 Å². The van der Waals surface area contributed by atoms with Crippen LogP contribution >= 0.6 is 0 Å². The first-order valence-corrected chi connectivity index (χ1v) is 9.04. The Hall–Kier alpha value is -3.15. The van der Waals surface area contributed by atoms with Gasteiger partial charge in [0.25, 0.3) is 5.91 Å². The maximum atomic E-state index is 12.3. The third-order valence-corrected chi connectivity index (χ3v) is 4.67. The number of likely N-dealkylation sites (tertiary alicyclic amines) is 1. The fraction of sp³-hybridized carbons (Fsp3) is 0.286. The van der Waals surface area contributed by atoms with Crippen molar-refractivity contribution in [2.75, 3.05) is 18.4 Å². The number of amides is 2. The van der Waals surface area contributed by atoms with E-state index in [1.165, 1.54) is 12.1 Å². The van der Waals surface area contributed by atoms with E-state index in [-0.39, 0.29) is 22.9 Å². The molecule has 1 aliphatic heterocycles. The van der Waals surface area contributed by atoms with E-state index in [9.17, 15) is 14.4 Å². The fourth-order valence-electron chi connectivity index (χ4n) is 3.13. The number of carboxylic acid groups (broad SMARTS) is 1. The summed E-state index contributed by atoms with van der Waals surface area (Å²) in [5, 5.41) is 11.8. The van der Waals surface area contributed by atoms with Gasteiger partial charge in [-0.2, -0.15) is 0 Å². The molecule has 0 spiro atoms. The third-order valence-electron chi connectivity index (χ3n) is 4.67. The number of nitrogens with one attached hydrogen (secondary N) is 1. The highest BCUT2D eigenvalue weighted by Gasteiger charge is 2.17. The SMILES string of the molecule is O=C(O)c1cccc(C(=O)Nc2ccc(CCC(=O)N3CCCC3)cc2)c1. The highest BCUT2D eigenvalue weighted by Crippen LogP contribution is 2.15. The Morgan fingerprint density at radius 1 is 0.963 bits per heavy atom. The van der Waals surface area contributed by atoms with Crippen LogP contribution in [-0.2, 0) is 11.2 Å². The molecule has 140 valence electrons. The topological polar surface area (TPSA) is 86.7 Å². The molecule has 1 heterocycles. The van der Waals surface area contributed by atoms with E-state index in [0.717, 1.165) is 31.5 Å². The smallest absolute Gasteiger partial charge is 0.335 e. The van der Waals surface area contributed by atoms with Gasteiger partial charge in [0.05, 0.1) is 5.56 Å². The van der Waals surface area contributed by atoms with E-state index in [4.69, 9.17) is 5.11 Å². The minimum absolute atomic E-state index is 0.0701. The molecule has 1 fully saturated rings. The number of carboxylic acids is 1. The van der Waals surface area contributed by atoms with Gasteiger partial charge in [0.1, 0.15) is 0 Å². The van der Waals surface area contributed by atoms with Gasteiger partial charge >= 0.3 is 5.97 Å². The Morgan fingerprint density at radius 3 is 2.30 bits per heavy atom. The number of rotatable bonds is 6. The summed E-state index contributed by atoms with van der Waals surface area (Å²) in [5.41, 5.74) is 2.01. The number of carbonyl (C=O) groups excluding carboxylic acids is 2. The van der Waals surface area contributed by atoms with Crippen LogP contribution in [0.1, 0.15) is 45.5 Å². The zero-order chi connectivity index (χ0) is 19.2. The van der Waals surface area contributed by atoms with Gasteiger partial charge in [0.2, 0.25) is 5.91 Å². The molecule has 0 radical (unpaired) electrons. The summed E-state index contributed by atoms with van der Waals surface area (Å²) in [6.45, 7) is 1.74. The normalized spacial score (nSPS) is 13.4. The number of benzene rings is 2. The summed E-state index contributed by atoms with van der Waals surface area (Å²) in [6.07, 6.45) is 3.35. The molecular weight excluding hydrogens is 344 g/mol. The second kappa shape index (κ2) is 8.49. The second-order valence-corrected chi connectivity index (χ2v) is 6.62. The molecule has 0 atom stereocenters. The number of hydrogen-bond donors (Lipinski definition) is 2. The zero-order valence-corrected chi connectivity index (χ0v) is 15.0. The second-order valence-electron chi connectivity index (χ2n) is 6.62. The summed E-state index contributed by atoms with van der Waals surface area (Å²) in [7, 11) is 0. The molecule has 0 unspecified atom stereocenters. The average Bonchev–Trinajstić information content (AvgIpc) is 3.22. The zero-order valence-electron chi connectivity index (χ0n) is 15.0. The molecule has 2 aromatic rings. The van der Waals surface area contributed by atoms with Crippen molar-refractivity contribution in [1.82, 2.24) is 4.90 Å². The molecule has 2 amide bonds. The number of aromatic carboxylic acids is 1. The summed E-state index contributed by atoms with van der Waals surface area (Å²) in [5.74, 6) is -1.24. The minimum Gasteiger partial charge on any atom is -0.478 e.